The summed E-state index contributed by atoms with van der Waals surface area (Å²) >= 11 is 0. The van der Waals surface area contributed by atoms with E-state index < -0.39 is 7.92 Å². The molecule has 1 aliphatic heterocycles. The quantitative estimate of drug-likeness (QED) is 0.0752. The van der Waals surface area contributed by atoms with Crippen LogP contribution in [0.15, 0.2) is 134 Å². The van der Waals surface area contributed by atoms with E-state index in [1.807, 2.05) is 12.3 Å². The minimum Gasteiger partial charge on any atom is -0.472 e. The van der Waals surface area contributed by atoms with Crippen LogP contribution in [0.25, 0.3) is 5.70 Å². The average Bonchev–Trinajstić information content (AvgIpc) is 3.47. The Labute approximate surface area is 254 Å². The summed E-state index contributed by atoms with van der Waals surface area (Å²) in [6.07, 6.45) is 15.4. The molecular weight excluding hydrogens is 529 g/mol. The molecule has 0 saturated heterocycles. The van der Waals surface area contributed by atoms with E-state index in [0.29, 0.717) is 0 Å². The monoisotopic (exact) mass is 573 g/mol. The molecule has 4 aromatic rings. The van der Waals surface area contributed by atoms with Crippen LogP contribution < -0.4 is 15.9 Å². The van der Waals surface area contributed by atoms with Crippen LogP contribution in [0.2, 0.25) is 0 Å². The van der Waals surface area contributed by atoms with Crippen molar-refractivity contribution in [2.24, 2.45) is 0 Å². The van der Waals surface area contributed by atoms with Gasteiger partial charge in [-0.3, -0.25) is 0 Å². The second-order valence-corrected chi connectivity index (χ2v) is 13.2. The maximum Gasteiger partial charge on any atom is 0.198 e. The van der Waals surface area contributed by atoms with Crippen LogP contribution in [0.5, 0.6) is 0 Å². The molecule has 0 fully saturated rings. The van der Waals surface area contributed by atoms with Crippen LogP contribution in [0, 0.1) is 0 Å². The largest absolute Gasteiger partial charge is 0.472 e. The van der Waals surface area contributed by atoms with Crippen molar-refractivity contribution in [2.45, 2.75) is 64.0 Å². The standard InChI is InChI=1S/C39H44NOP/c1-2-3-4-5-6-7-8-9-10-22-31-40-37(33-23-14-11-15-24-33)32-41-39(40)36-29-20-21-30-38(36)42(34-25-16-12-17-26-34)35-27-18-13-19-28-35/h2,11-21,23-30,32,39H,1,3-10,22,31H2. The topological polar surface area (TPSA) is 12.5 Å². The Bertz CT molecular complexity index is 1350. The number of unbranched alkanes of at least 4 members (excludes halogenated alkanes) is 8. The van der Waals surface area contributed by atoms with Gasteiger partial charge in [0, 0.05) is 17.7 Å². The highest BCUT2D eigenvalue weighted by Gasteiger charge is 2.33. The maximum absolute atomic E-state index is 6.59. The van der Waals surface area contributed by atoms with E-state index in [1.54, 1.807) is 0 Å². The summed E-state index contributed by atoms with van der Waals surface area (Å²) in [4.78, 5) is 2.51. The van der Waals surface area contributed by atoms with E-state index in [2.05, 4.69) is 127 Å². The van der Waals surface area contributed by atoms with Gasteiger partial charge in [0.15, 0.2) is 6.23 Å². The zero-order valence-electron chi connectivity index (χ0n) is 24.8. The van der Waals surface area contributed by atoms with E-state index in [0.717, 1.165) is 19.4 Å². The lowest BCUT2D eigenvalue weighted by Gasteiger charge is -2.31. The molecule has 42 heavy (non-hydrogen) atoms. The Morgan fingerprint density at radius 3 is 1.76 bits per heavy atom. The fourth-order valence-corrected chi connectivity index (χ4v) is 8.30. The lowest BCUT2D eigenvalue weighted by Crippen LogP contribution is -2.31. The highest BCUT2D eigenvalue weighted by Crippen LogP contribution is 2.41. The van der Waals surface area contributed by atoms with Crippen LogP contribution in [-0.4, -0.2) is 11.4 Å². The first kappa shape index (κ1) is 29.9. The predicted octanol–water partition coefficient (Wildman–Crippen LogP) is 9.47. The smallest absolute Gasteiger partial charge is 0.198 e. The summed E-state index contributed by atoms with van der Waals surface area (Å²) in [5.41, 5.74) is 3.66. The summed E-state index contributed by atoms with van der Waals surface area (Å²) in [5, 5.41) is 4.08. The molecule has 0 amide bonds. The molecule has 1 aliphatic rings. The van der Waals surface area contributed by atoms with Crippen LogP contribution in [0.4, 0.5) is 0 Å². The fraction of sp³-hybridized carbons (Fsp3) is 0.282. The van der Waals surface area contributed by atoms with Crippen molar-refractivity contribution in [3.05, 3.63) is 145 Å². The lowest BCUT2D eigenvalue weighted by molar-refractivity contribution is 0.0603. The van der Waals surface area contributed by atoms with Crippen molar-refractivity contribution in [3.8, 4) is 0 Å². The number of hydrogen-bond acceptors (Lipinski definition) is 2. The van der Waals surface area contributed by atoms with Crippen LogP contribution in [-0.2, 0) is 4.74 Å². The Morgan fingerprint density at radius 2 is 1.14 bits per heavy atom. The van der Waals surface area contributed by atoms with Crippen molar-refractivity contribution in [1.29, 1.82) is 0 Å². The van der Waals surface area contributed by atoms with Crippen molar-refractivity contribution in [1.82, 2.24) is 4.90 Å². The van der Waals surface area contributed by atoms with E-state index in [4.69, 9.17) is 4.74 Å². The molecule has 0 bridgehead atoms. The number of benzene rings is 4. The molecule has 0 radical (unpaired) electrons. The van der Waals surface area contributed by atoms with Crippen LogP contribution >= 0.6 is 7.92 Å². The third-order valence-electron chi connectivity index (χ3n) is 8.00. The van der Waals surface area contributed by atoms with Gasteiger partial charge in [0.05, 0.1) is 5.70 Å². The van der Waals surface area contributed by atoms with Crippen molar-refractivity contribution in [3.63, 3.8) is 0 Å². The lowest BCUT2D eigenvalue weighted by atomic mass is 10.1. The summed E-state index contributed by atoms with van der Waals surface area (Å²) in [7, 11) is -0.735. The van der Waals surface area contributed by atoms with Crippen molar-refractivity contribution < 1.29 is 4.74 Å². The van der Waals surface area contributed by atoms with Gasteiger partial charge in [-0.1, -0.05) is 160 Å². The van der Waals surface area contributed by atoms with Gasteiger partial charge in [-0.25, -0.2) is 0 Å². The molecule has 216 valence electrons. The van der Waals surface area contributed by atoms with E-state index in [9.17, 15) is 0 Å². The van der Waals surface area contributed by atoms with Gasteiger partial charge in [-0.05, 0) is 43.1 Å². The van der Waals surface area contributed by atoms with Gasteiger partial charge in [-0.15, -0.1) is 6.58 Å². The normalized spacial score (nSPS) is 14.5. The number of hydrogen-bond donors (Lipinski definition) is 0. The zero-order chi connectivity index (χ0) is 28.8. The zero-order valence-corrected chi connectivity index (χ0v) is 25.7. The molecule has 1 unspecified atom stereocenters. The van der Waals surface area contributed by atoms with Crippen molar-refractivity contribution >= 4 is 29.5 Å². The first-order valence-electron chi connectivity index (χ1n) is 15.6. The number of nitrogens with zero attached hydrogens (tertiary/aromatic N) is 1. The van der Waals surface area contributed by atoms with Gasteiger partial charge >= 0.3 is 0 Å². The Morgan fingerprint density at radius 1 is 0.619 bits per heavy atom. The Kier molecular flexibility index (Phi) is 11.5. The summed E-state index contributed by atoms with van der Waals surface area (Å²) < 4.78 is 6.59. The van der Waals surface area contributed by atoms with E-state index >= 15 is 0 Å². The first-order valence-corrected chi connectivity index (χ1v) is 17.0. The molecule has 5 rings (SSSR count). The Balaban J connectivity index is 1.36. The molecule has 0 N–H and O–H groups in total. The molecule has 4 aromatic carbocycles. The van der Waals surface area contributed by atoms with Crippen LogP contribution in [0.3, 0.4) is 0 Å². The number of rotatable bonds is 16. The summed E-state index contributed by atoms with van der Waals surface area (Å²) in [5.74, 6) is 0. The maximum atomic E-state index is 6.59. The molecule has 0 saturated carbocycles. The molecule has 2 nitrogen and oxygen atoms in total. The SMILES string of the molecule is C=CCCCCCCCCCCN1C(c2ccccc2)=COC1c1ccccc1P(c1ccccc1)c1ccccc1. The molecule has 3 heteroatoms. The highest BCUT2D eigenvalue weighted by molar-refractivity contribution is 7.79. The minimum atomic E-state index is -0.735. The van der Waals surface area contributed by atoms with E-state index in [-0.39, 0.29) is 6.23 Å². The molecule has 0 aromatic heterocycles. The molecule has 1 atom stereocenters. The fourth-order valence-electron chi connectivity index (χ4n) is 5.83. The molecule has 1 heterocycles. The summed E-state index contributed by atoms with van der Waals surface area (Å²) in [6.45, 7) is 4.82. The van der Waals surface area contributed by atoms with Gasteiger partial charge in [0.2, 0.25) is 0 Å². The number of allylic oxidation sites excluding steroid dienone is 1. The van der Waals surface area contributed by atoms with Gasteiger partial charge < -0.3 is 9.64 Å². The predicted molar refractivity (Wildman–Crippen MR) is 182 cm³/mol. The highest BCUT2D eigenvalue weighted by atomic mass is 31.1. The third kappa shape index (κ3) is 7.81. The Hall–Kier alpha value is -3.61. The van der Waals surface area contributed by atoms with Gasteiger partial charge in [0.25, 0.3) is 0 Å². The molecule has 0 spiro atoms. The first-order chi connectivity index (χ1) is 20.9. The minimum absolute atomic E-state index is 0.140. The van der Waals surface area contributed by atoms with Gasteiger partial charge in [-0.2, -0.15) is 0 Å². The van der Waals surface area contributed by atoms with Crippen molar-refractivity contribution in [2.75, 3.05) is 6.54 Å². The third-order valence-corrected chi connectivity index (χ3v) is 10.5. The summed E-state index contributed by atoms with van der Waals surface area (Å²) in [6, 6.07) is 41.6. The average molecular weight is 574 g/mol. The molecule has 0 aliphatic carbocycles. The van der Waals surface area contributed by atoms with Crippen LogP contribution in [0.1, 0.15) is 75.1 Å². The molecular formula is C39H44NOP. The second-order valence-electron chi connectivity index (χ2n) is 11.0. The second kappa shape index (κ2) is 16.1. The van der Waals surface area contributed by atoms with E-state index in [1.165, 1.54) is 77.7 Å². The number of ether oxygens (including phenoxy) is 1. The van der Waals surface area contributed by atoms with Gasteiger partial charge in [0.1, 0.15) is 6.26 Å².